The molecule has 2 aromatic carbocycles. The van der Waals surface area contributed by atoms with E-state index in [1.807, 2.05) is 30.3 Å². The first-order valence-electron chi connectivity index (χ1n) is 4.77. The zero-order valence-corrected chi connectivity index (χ0v) is 9.94. The minimum atomic E-state index is -1.03. The van der Waals surface area contributed by atoms with Crippen LogP contribution in [0.1, 0.15) is 11.6 Å². The topological polar surface area (TPSA) is 63.3 Å². The fraction of sp³-hybridized carbons (Fsp3) is 0.0833. The van der Waals surface area contributed by atoms with Gasteiger partial charge in [-0.1, -0.05) is 36.4 Å². The van der Waals surface area contributed by atoms with Gasteiger partial charge in [-0.2, -0.15) is 0 Å². The maximum absolute atomic E-state index is 10.8. The summed E-state index contributed by atoms with van der Waals surface area (Å²) in [4.78, 5) is 10.8. The number of rotatable bonds is 2. The number of benzene rings is 2. The monoisotopic (exact) mass is 279 g/mol. The van der Waals surface area contributed by atoms with Crippen molar-refractivity contribution in [1.82, 2.24) is 0 Å². The van der Waals surface area contributed by atoms with E-state index < -0.39 is 12.0 Å². The minimum absolute atomic E-state index is 0.589. The van der Waals surface area contributed by atoms with Crippen LogP contribution in [0.4, 0.5) is 0 Å². The molecule has 0 spiro atoms. The summed E-state index contributed by atoms with van der Waals surface area (Å²) in [6.07, 6.45) is 0. The predicted molar refractivity (Wildman–Crippen MR) is 66.2 cm³/mol. The second-order valence-corrected chi connectivity index (χ2v) is 4.30. The van der Waals surface area contributed by atoms with Crippen LogP contribution in [0.2, 0.25) is 0 Å². The quantitative estimate of drug-likeness (QED) is 0.889. The Hall–Kier alpha value is -1.39. The van der Waals surface area contributed by atoms with Crippen molar-refractivity contribution in [2.24, 2.45) is 5.73 Å². The van der Waals surface area contributed by atoms with Gasteiger partial charge >= 0.3 is 5.97 Å². The zero-order chi connectivity index (χ0) is 11.7. The van der Waals surface area contributed by atoms with Gasteiger partial charge in [0.25, 0.3) is 0 Å². The van der Waals surface area contributed by atoms with E-state index in [2.05, 4.69) is 15.9 Å². The lowest BCUT2D eigenvalue weighted by Crippen LogP contribution is -2.21. The van der Waals surface area contributed by atoms with Gasteiger partial charge in [-0.25, -0.2) is 0 Å². The van der Waals surface area contributed by atoms with Crippen molar-refractivity contribution in [3.8, 4) is 0 Å². The molecule has 3 nitrogen and oxygen atoms in total. The average molecular weight is 280 g/mol. The fourth-order valence-corrected chi connectivity index (χ4v) is 2.36. The minimum Gasteiger partial charge on any atom is -0.480 e. The fourth-order valence-electron chi connectivity index (χ4n) is 1.62. The maximum atomic E-state index is 10.8. The van der Waals surface area contributed by atoms with Crippen LogP contribution in [0.15, 0.2) is 40.9 Å². The zero-order valence-electron chi connectivity index (χ0n) is 8.35. The molecule has 82 valence electrons. The van der Waals surface area contributed by atoms with Gasteiger partial charge in [0.15, 0.2) is 0 Å². The SMILES string of the molecule is NC(C(=O)O)c1ccc2ccccc2c1Br. The molecule has 0 aromatic heterocycles. The van der Waals surface area contributed by atoms with Crippen LogP contribution in [-0.2, 0) is 4.79 Å². The summed E-state index contributed by atoms with van der Waals surface area (Å²) < 4.78 is 0.750. The van der Waals surface area contributed by atoms with Crippen LogP contribution in [0.5, 0.6) is 0 Å². The van der Waals surface area contributed by atoms with Crippen LogP contribution < -0.4 is 5.73 Å². The molecule has 1 atom stereocenters. The van der Waals surface area contributed by atoms with Gasteiger partial charge in [0.2, 0.25) is 0 Å². The number of hydrogen-bond acceptors (Lipinski definition) is 2. The van der Waals surface area contributed by atoms with Crippen molar-refractivity contribution in [1.29, 1.82) is 0 Å². The van der Waals surface area contributed by atoms with E-state index in [1.165, 1.54) is 0 Å². The smallest absolute Gasteiger partial charge is 0.325 e. The summed E-state index contributed by atoms with van der Waals surface area (Å²) in [5.41, 5.74) is 6.19. The third-order valence-corrected chi connectivity index (χ3v) is 3.38. The normalized spacial score (nSPS) is 12.6. The Morgan fingerprint density at radius 1 is 1.25 bits per heavy atom. The van der Waals surface area contributed by atoms with Crippen LogP contribution in [0, 0.1) is 0 Å². The Kier molecular flexibility index (Phi) is 2.94. The molecule has 0 amide bonds. The predicted octanol–water partition coefficient (Wildman–Crippen LogP) is 2.69. The highest BCUT2D eigenvalue weighted by Crippen LogP contribution is 2.30. The number of aliphatic carboxylic acids is 1. The lowest BCUT2D eigenvalue weighted by atomic mass is 10.0. The second kappa shape index (κ2) is 4.23. The number of hydrogen-bond donors (Lipinski definition) is 2. The van der Waals surface area contributed by atoms with Crippen molar-refractivity contribution in [3.05, 3.63) is 46.4 Å². The van der Waals surface area contributed by atoms with E-state index in [-0.39, 0.29) is 0 Å². The van der Waals surface area contributed by atoms with Gasteiger partial charge in [0.1, 0.15) is 6.04 Å². The molecule has 0 saturated heterocycles. The largest absolute Gasteiger partial charge is 0.480 e. The van der Waals surface area contributed by atoms with Gasteiger partial charge in [0.05, 0.1) is 0 Å². The standard InChI is InChI=1S/C12H10BrNO2/c13-10-8-4-2-1-3-7(8)5-6-9(10)11(14)12(15)16/h1-6,11H,14H2,(H,15,16). The van der Waals surface area contributed by atoms with Gasteiger partial charge < -0.3 is 10.8 Å². The van der Waals surface area contributed by atoms with Crippen LogP contribution in [0.25, 0.3) is 10.8 Å². The Balaban J connectivity index is 2.65. The summed E-state index contributed by atoms with van der Waals surface area (Å²) in [7, 11) is 0. The van der Waals surface area contributed by atoms with Crippen LogP contribution in [-0.4, -0.2) is 11.1 Å². The number of carboxylic acids is 1. The third kappa shape index (κ3) is 1.81. The Labute approximate surface area is 101 Å². The van der Waals surface area contributed by atoms with E-state index in [4.69, 9.17) is 10.8 Å². The molecule has 0 aliphatic carbocycles. The average Bonchev–Trinajstić information content (AvgIpc) is 2.29. The molecular weight excluding hydrogens is 270 g/mol. The maximum Gasteiger partial charge on any atom is 0.325 e. The summed E-state index contributed by atoms with van der Waals surface area (Å²) >= 11 is 3.41. The first kappa shape index (κ1) is 11.1. The molecule has 3 N–H and O–H groups in total. The lowest BCUT2D eigenvalue weighted by molar-refractivity contribution is -0.138. The van der Waals surface area contributed by atoms with E-state index >= 15 is 0 Å². The van der Waals surface area contributed by atoms with E-state index in [1.54, 1.807) is 6.07 Å². The van der Waals surface area contributed by atoms with Crippen molar-refractivity contribution in [3.63, 3.8) is 0 Å². The van der Waals surface area contributed by atoms with Gasteiger partial charge in [-0.05, 0) is 32.3 Å². The molecule has 0 radical (unpaired) electrons. The molecule has 0 heterocycles. The molecule has 0 saturated carbocycles. The molecule has 16 heavy (non-hydrogen) atoms. The van der Waals surface area contributed by atoms with E-state index in [0.717, 1.165) is 15.2 Å². The molecule has 1 unspecified atom stereocenters. The number of halogens is 1. The summed E-state index contributed by atoms with van der Waals surface area (Å²) in [5.74, 6) is -1.03. The molecular formula is C12H10BrNO2. The van der Waals surface area contributed by atoms with Gasteiger partial charge in [-0.3, -0.25) is 4.79 Å². The first-order chi connectivity index (χ1) is 7.61. The number of nitrogens with two attached hydrogens (primary N) is 1. The van der Waals surface area contributed by atoms with Crippen LogP contribution >= 0.6 is 15.9 Å². The van der Waals surface area contributed by atoms with E-state index in [9.17, 15) is 4.79 Å². The van der Waals surface area contributed by atoms with Crippen molar-refractivity contribution in [2.45, 2.75) is 6.04 Å². The highest BCUT2D eigenvalue weighted by Gasteiger charge is 2.18. The molecule has 2 aromatic rings. The van der Waals surface area contributed by atoms with Crippen LogP contribution in [0.3, 0.4) is 0 Å². The highest BCUT2D eigenvalue weighted by molar-refractivity contribution is 9.10. The summed E-state index contributed by atoms with van der Waals surface area (Å²) in [6.45, 7) is 0. The Bertz CT molecular complexity index is 554. The van der Waals surface area contributed by atoms with Gasteiger partial charge in [0, 0.05) is 4.47 Å². The molecule has 4 heteroatoms. The molecule has 2 rings (SSSR count). The molecule has 0 fully saturated rings. The number of carboxylic acid groups (broad SMARTS) is 1. The highest BCUT2D eigenvalue weighted by atomic mass is 79.9. The third-order valence-electron chi connectivity index (χ3n) is 2.49. The Morgan fingerprint density at radius 3 is 2.62 bits per heavy atom. The molecule has 0 aliphatic rings. The molecule has 0 aliphatic heterocycles. The summed E-state index contributed by atoms with van der Waals surface area (Å²) in [5, 5.41) is 10.9. The first-order valence-corrected chi connectivity index (χ1v) is 5.56. The van der Waals surface area contributed by atoms with E-state index in [0.29, 0.717) is 5.56 Å². The van der Waals surface area contributed by atoms with Crippen molar-refractivity contribution >= 4 is 32.7 Å². The number of fused-ring (bicyclic) bond motifs is 1. The molecule has 0 bridgehead atoms. The second-order valence-electron chi connectivity index (χ2n) is 3.51. The van der Waals surface area contributed by atoms with Crippen molar-refractivity contribution in [2.75, 3.05) is 0 Å². The number of carbonyl (C=O) groups is 1. The lowest BCUT2D eigenvalue weighted by Gasteiger charge is -2.11. The summed E-state index contributed by atoms with van der Waals surface area (Å²) in [6, 6.07) is 10.4. The Morgan fingerprint density at radius 2 is 1.94 bits per heavy atom. The van der Waals surface area contributed by atoms with Gasteiger partial charge in [-0.15, -0.1) is 0 Å². The van der Waals surface area contributed by atoms with Crippen molar-refractivity contribution < 1.29 is 9.90 Å².